The molecule has 1 amide bonds. The van der Waals surface area contributed by atoms with Crippen LogP contribution < -0.4 is 5.32 Å². The largest absolute Gasteiger partial charge is 0.449 e. The average molecular weight is 401 g/mol. The van der Waals surface area contributed by atoms with Gasteiger partial charge in [0.15, 0.2) is 0 Å². The fourth-order valence-electron chi connectivity index (χ4n) is 3.72. The van der Waals surface area contributed by atoms with E-state index in [1.807, 2.05) is 0 Å². The molecule has 0 aromatic rings. The minimum absolute atomic E-state index is 0.0605. The molecular weight excluding hydrogens is 369 g/mol. The number of fused-ring (bicyclic) bond motifs is 1. The van der Waals surface area contributed by atoms with E-state index in [2.05, 4.69) is 17.2 Å². The Hall–Kier alpha value is -1.06. The quantitative estimate of drug-likeness (QED) is 0.279. The molecule has 1 fully saturated rings. The number of aliphatic hydroxyl groups excluding tert-OH is 1. The van der Waals surface area contributed by atoms with E-state index in [0.29, 0.717) is 37.3 Å². The Morgan fingerprint density at radius 3 is 2.52 bits per heavy atom. The summed E-state index contributed by atoms with van der Waals surface area (Å²) < 4.78 is 21.3. The molecule has 3 N–H and O–H groups in total. The van der Waals surface area contributed by atoms with Crippen LogP contribution in [0.5, 0.6) is 0 Å². The van der Waals surface area contributed by atoms with Crippen molar-refractivity contribution in [3.63, 3.8) is 0 Å². The molecule has 5 atom stereocenters. The summed E-state index contributed by atoms with van der Waals surface area (Å²) in [6.07, 6.45) is 5.97. The molecule has 0 aromatic heterocycles. The van der Waals surface area contributed by atoms with E-state index >= 15 is 0 Å². The van der Waals surface area contributed by atoms with Gasteiger partial charge in [0.25, 0.3) is 0 Å². The number of aliphatic hydroxyl groups is 1. The van der Waals surface area contributed by atoms with Gasteiger partial charge in [0.2, 0.25) is 0 Å². The second kappa shape index (κ2) is 11.1. The van der Waals surface area contributed by atoms with Crippen molar-refractivity contribution in [3.8, 4) is 11.8 Å². The third kappa shape index (κ3) is 8.66. The molecule has 0 saturated heterocycles. The third-order valence-electron chi connectivity index (χ3n) is 5.36. The minimum atomic E-state index is -3.51. The van der Waals surface area contributed by atoms with Crippen LogP contribution in [-0.2, 0) is 13.8 Å². The molecule has 27 heavy (non-hydrogen) atoms. The minimum Gasteiger partial charge on any atom is -0.449 e. The molecule has 0 radical (unpaired) electrons. The van der Waals surface area contributed by atoms with E-state index in [-0.39, 0.29) is 25.2 Å². The molecule has 2 aliphatic rings. The Kier molecular flexibility index (Phi) is 9.11. The van der Waals surface area contributed by atoms with Crippen LogP contribution in [0.15, 0.2) is 0 Å². The molecule has 2 aliphatic carbocycles. The number of nitrogens with one attached hydrogen (secondary N) is 1. The number of carbonyl (C=O) groups is 1. The Morgan fingerprint density at radius 2 is 1.93 bits per heavy atom. The van der Waals surface area contributed by atoms with Crippen molar-refractivity contribution < 1.29 is 28.6 Å². The standard InChI is InChI=1S/C19H32NO6P/c1-27(23,24)26-13-15(12-21)8-6-7-11-20-19(22)25-14-18-16-9-4-2-3-5-10-17(16)18/h15-18,21H,4-14H2,1H3,(H,20,22)(H,23,24)/t15?,16-,17+,18?. The van der Waals surface area contributed by atoms with Crippen molar-refractivity contribution in [2.24, 2.45) is 23.7 Å². The van der Waals surface area contributed by atoms with E-state index in [9.17, 15) is 14.5 Å². The highest BCUT2D eigenvalue weighted by molar-refractivity contribution is 7.51. The highest BCUT2D eigenvalue weighted by Gasteiger charge is 2.49. The SMILES string of the molecule is CP(=O)(O)OCC(CO)CCCCNC(=O)OCC1[C@H]2CCC#CCC[C@@H]12. The van der Waals surface area contributed by atoms with E-state index < -0.39 is 7.60 Å². The maximum Gasteiger partial charge on any atom is 0.407 e. The lowest BCUT2D eigenvalue weighted by molar-refractivity contribution is 0.135. The van der Waals surface area contributed by atoms with Crippen molar-refractivity contribution in [3.05, 3.63) is 0 Å². The van der Waals surface area contributed by atoms with Gasteiger partial charge >= 0.3 is 13.7 Å². The number of alkyl carbamates (subject to hydrolysis) is 1. The zero-order valence-corrected chi connectivity index (χ0v) is 17.0. The van der Waals surface area contributed by atoms with E-state index in [1.165, 1.54) is 0 Å². The zero-order chi connectivity index (χ0) is 19.7. The summed E-state index contributed by atoms with van der Waals surface area (Å²) in [5, 5.41) is 12.0. The molecule has 7 nitrogen and oxygen atoms in total. The molecule has 2 rings (SSSR count). The Bertz CT molecular complexity index is 562. The molecule has 8 heteroatoms. The first-order valence-corrected chi connectivity index (χ1v) is 11.8. The van der Waals surface area contributed by atoms with Gasteiger partial charge in [-0.2, -0.15) is 0 Å². The number of hydrogen-bond donors (Lipinski definition) is 3. The highest BCUT2D eigenvalue weighted by Crippen LogP contribution is 2.52. The summed E-state index contributed by atoms with van der Waals surface area (Å²) in [6, 6.07) is 0. The van der Waals surface area contributed by atoms with Crippen LogP contribution in [0.1, 0.15) is 44.9 Å². The van der Waals surface area contributed by atoms with Gasteiger partial charge in [-0.05, 0) is 43.4 Å². The van der Waals surface area contributed by atoms with Crippen molar-refractivity contribution >= 4 is 13.7 Å². The van der Waals surface area contributed by atoms with Crippen LogP contribution in [0.25, 0.3) is 0 Å². The average Bonchev–Trinajstić information content (AvgIpc) is 3.23. The lowest BCUT2D eigenvalue weighted by Crippen LogP contribution is -2.26. The van der Waals surface area contributed by atoms with Crippen molar-refractivity contribution in [2.45, 2.75) is 44.9 Å². The van der Waals surface area contributed by atoms with Crippen LogP contribution in [0.2, 0.25) is 0 Å². The van der Waals surface area contributed by atoms with Gasteiger partial charge in [-0.25, -0.2) is 4.79 Å². The van der Waals surface area contributed by atoms with Crippen LogP contribution in [-0.4, -0.2) is 49.1 Å². The smallest absolute Gasteiger partial charge is 0.407 e. The predicted molar refractivity (Wildman–Crippen MR) is 102 cm³/mol. The van der Waals surface area contributed by atoms with Crippen molar-refractivity contribution in [2.75, 3.05) is 33.0 Å². The molecule has 1 saturated carbocycles. The Balaban J connectivity index is 1.49. The fraction of sp³-hybridized carbons (Fsp3) is 0.842. The monoisotopic (exact) mass is 401 g/mol. The maximum absolute atomic E-state index is 11.8. The molecule has 0 bridgehead atoms. The zero-order valence-electron chi connectivity index (χ0n) is 16.1. The van der Waals surface area contributed by atoms with Gasteiger partial charge in [0.1, 0.15) is 0 Å². The van der Waals surface area contributed by atoms with Crippen molar-refractivity contribution in [1.29, 1.82) is 0 Å². The van der Waals surface area contributed by atoms with E-state index in [1.54, 1.807) is 0 Å². The normalized spacial score (nSPS) is 27.0. The van der Waals surface area contributed by atoms with Crippen LogP contribution >= 0.6 is 7.60 Å². The number of ether oxygens (including phenoxy) is 1. The second-order valence-electron chi connectivity index (χ2n) is 7.59. The Labute approximate surface area is 161 Å². The number of amides is 1. The summed E-state index contributed by atoms with van der Waals surface area (Å²) in [6.45, 7) is 2.10. The fourth-order valence-corrected chi connectivity index (χ4v) is 4.21. The highest BCUT2D eigenvalue weighted by atomic mass is 31.2. The molecule has 0 heterocycles. The van der Waals surface area contributed by atoms with Crippen LogP contribution in [0, 0.1) is 35.5 Å². The summed E-state index contributed by atoms with van der Waals surface area (Å²) in [5.41, 5.74) is 0. The molecule has 3 unspecified atom stereocenters. The molecule has 154 valence electrons. The van der Waals surface area contributed by atoms with Gasteiger partial charge < -0.3 is 24.6 Å². The molecular formula is C19H32NO6P. The van der Waals surface area contributed by atoms with Gasteiger partial charge in [0.05, 0.1) is 13.2 Å². The first kappa shape index (κ1) is 22.2. The lowest BCUT2D eigenvalue weighted by Gasteiger charge is -2.15. The van der Waals surface area contributed by atoms with Gasteiger partial charge in [-0.15, -0.1) is 11.8 Å². The first-order chi connectivity index (χ1) is 12.9. The van der Waals surface area contributed by atoms with E-state index in [4.69, 9.17) is 14.2 Å². The molecule has 0 spiro atoms. The van der Waals surface area contributed by atoms with Crippen LogP contribution in [0.4, 0.5) is 4.79 Å². The molecule has 0 aliphatic heterocycles. The topological polar surface area (TPSA) is 105 Å². The van der Waals surface area contributed by atoms with Crippen molar-refractivity contribution in [1.82, 2.24) is 5.32 Å². The van der Waals surface area contributed by atoms with Crippen LogP contribution in [0.3, 0.4) is 0 Å². The number of hydrogen-bond acceptors (Lipinski definition) is 5. The lowest BCUT2D eigenvalue weighted by atomic mass is 10.0. The number of carbonyl (C=O) groups excluding carboxylic acids is 1. The summed E-state index contributed by atoms with van der Waals surface area (Å²) >= 11 is 0. The maximum atomic E-state index is 11.8. The van der Waals surface area contributed by atoms with Gasteiger partial charge in [-0.1, -0.05) is 6.42 Å². The molecule has 0 aromatic carbocycles. The second-order valence-corrected chi connectivity index (χ2v) is 9.46. The first-order valence-electron chi connectivity index (χ1n) is 9.82. The number of unbranched alkanes of at least 4 members (excludes halogenated alkanes) is 1. The Morgan fingerprint density at radius 1 is 1.26 bits per heavy atom. The number of rotatable bonds is 11. The van der Waals surface area contributed by atoms with E-state index in [0.717, 1.165) is 45.2 Å². The third-order valence-corrected chi connectivity index (χ3v) is 5.99. The van der Waals surface area contributed by atoms with Gasteiger partial charge in [-0.3, -0.25) is 4.57 Å². The summed E-state index contributed by atoms with van der Waals surface area (Å²) in [4.78, 5) is 20.9. The summed E-state index contributed by atoms with van der Waals surface area (Å²) in [7, 11) is -3.51. The summed E-state index contributed by atoms with van der Waals surface area (Å²) in [5.74, 6) is 8.01. The predicted octanol–water partition coefficient (Wildman–Crippen LogP) is 2.76. The van der Waals surface area contributed by atoms with Gasteiger partial charge in [0, 0.05) is 38.6 Å².